The zero-order chi connectivity index (χ0) is 11.8. The number of benzene rings is 1. The molecule has 2 heteroatoms. The number of hydrogen-bond acceptors (Lipinski definition) is 2. The van der Waals surface area contributed by atoms with Crippen molar-refractivity contribution < 1.29 is 5.11 Å². The number of aliphatic hydroxyl groups excluding tert-OH is 1. The van der Waals surface area contributed by atoms with Gasteiger partial charge in [-0.25, -0.2) is 0 Å². The summed E-state index contributed by atoms with van der Waals surface area (Å²) in [5.74, 6) is 3.13. The zero-order valence-corrected chi connectivity index (χ0v) is 9.84. The molecule has 2 atom stereocenters. The summed E-state index contributed by atoms with van der Waals surface area (Å²) >= 11 is 0. The Labute approximate surface area is 102 Å². The summed E-state index contributed by atoms with van der Waals surface area (Å²) in [6.07, 6.45) is 7.32. The highest BCUT2D eigenvalue weighted by molar-refractivity contribution is 5.80. The minimum atomic E-state index is -0.262. The largest absolute Gasteiger partial charge is 0.390 e. The first-order valence-corrected chi connectivity index (χ1v) is 6.28. The van der Waals surface area contributed by atoms with E-state index in [1.165, 1.54) is 11.1 Å². The minimum absolute atomic E-state index is 0.00231. The van der Waals surface area contributed by atoms with Crippen molar-refractivity contribution in [1.29, 1.82) is 0 Å². The van der Waals surface area contributed by atoms with Gasteiger partial charge in [0.05, 0.1) is 12.1 Å². The molecule has 88 valence electrons. The highest BCUT2D eigenvalue weighted by atomic mass is 16.3. The Bertz CT molecular complexity index is 435. The van der Waals surface area contributed by atoms with Crippen LogP contribution in [0.25, 0.3) is 11.1 Å². The summed E-state index contributed by atoms with van der Waals surface area (Å²) < 4.78 is 0. The van der Waals surface area contributed by atoms with Gasteiger partial charge in [-0.05, 0) is 49.0 Å². The number of rotatable bonds is 0. The van der Waals surface area contributed by atoms with E-state index in [2.05, 4.69) is 35.1 Å². The van der Waals surface area contributed by atoms with Gasteiger partial charge in [-0.15, -0.1) is 6.42 Å². The van der Waals surface area contributed by atoms with E-state index in [1.807, 2.05) is 0 Å². The van der Waals surface area contributed by atoms with Gasteiger partial charge in [0.25, 0.3) is 0 Å². The zero-order valence-electron chi connectivity index (χ0n) is 9.84. The maximum atomic E-state index is 9.67. The molecule has 0 saturated carbocycles. The lowest BCUT2D eigenvalue weighted by Gasteiger charge is -2.46. The number of piperidine rings is 3. The van der Waals surface area contributed by atoms with Crippen LogP contribution in [0.5, 0.6) is 0 Å². The molecule has 5 rings (SSSR count). The predicted octanol–water partition coefficient (Wildman–Crippen LogP) is 1.74. The first-order valence-electron chi connectivity index (χ1n) is 6.28. The Kier molecular flexibility index (Phi) is 2.66. The third-order valence-electron chi connectivity index (χ3n) is 4.06. The number of nitrogens with zero attached hydrogens (tertiary/aromatic N) is 1. The van der Waals surface area contributed by atoms with Crippen LogP contribution in [0.2, 0.25) is 0 Å². The summed E-state index contributed by atoms with van der Waals surface area (Å²) in [4.78, 5) is 2.21. The van der Waals surface area contributed by atoms with Crippen LogP contribution in [0.3, 0.4) is 0 Å². The smallest absolute Gasteiger partial charge is 0.0977 e. The molecule has 0 aromatic rings. The molecule has 2 aliphatic carbocycles. The molecule has 5 aliphatic rings. The summed E-state index contributed by atoms with van der Waals surface area (Å²) in [6.45, 7) is 2.16. The second-order valence-electron chi connectivity index (χ2n) is 5.06. The third kappa shape index (κ3) is 1.97. The van der Waals surface area contributed by atoms with Crippen molar-refractivity contribution in [2.24, 2.45) is 5.92 Å². The Morgan fingerprint density at radius 2 is 1.88 bits per heavy atom. The predicted molar refractivity (Wildman–Crippen MR) is 68.4 cm³/mol. The maximum Gasteiger partial charge on any atom is 0.0977 e. The van der Waals surface area contributed by atoms with Gasteiger partial charge in [-0.1, -0.05) is 24.1 Å². The molecular formula is C15H17NO. The van der Waals surface area contributed by atoms with E-state index < -0.39 is 0 Å². The van der Waals surface area contributed by atoms with Gasteiger partial charge < -0.3 is 5.11 Å². The van der Waals surface area contributed by atoms with Crippen molar-refractivity contribution >= 4 is 0 Å². The molecule has 1 N–H and O–H groups in total. The van der Waals surface area contributed by atoms with Crippen molar-refractivity contribution in [2.75, 3.05) is 13.1 Å². The van der Waals surface area contributed by atoms with Crippen LogP contribution in [0, 0.1) is 18.3 Å². The van der Waals surface area contributed by atoms with Gasteiger partial charge in [0, 0.05) is 0 Å². The molecule has 3 aliphatic heterocycles. The van der Waals surface area contributed by atoms with Crippen LogP contribution in [-0.2, 0) is 0 Å². The van der Waals surface area contributed by atoms with E-state index in [0.29, 0.717) is 5.92 Å². The molecule has 0 aromatic carbocycles. The van der Waals surface area contributed by atoms with E-state index in [-0.39, 0.29) is 12.1 Å². The first kappa shape index (κ1) is 10.8. The molecule has 0 amide bonds. The average Bonchev–Trinajstić information content (AvgIpc) is 2.98. The normalized spacial score (nSPS) is 35.5. The fraction of sp³-hybridized carbons (Fsp3) is 0.467. The second kappa shape index (κ2) is 4.18. The minimum Gasteiger partial charge on any atom is -0.390 e. The first-order chi connectivity index (χ1) is 8.29. The van der Waals surface area contributed by atoms with Gasteiger partial charge in [-0.3, -0.25) is 4.90 Å². The van der Waals surface area contributed by atoms with Crippen molar-refractivity contribution in [3.05, 3.63) is 24.3 Å². The van der Waals surface area contributed by atoms with E-state index in [9.17, 15) is 5.11 Å². The number of hydrogen-bond donors (Lipinski definition) is 1. The maximum absolute atomic E-state index is 9.67. The monoisotopic (exact) mass is 227 g/mol. The number of aliphatic hydroxyl groups is 1. The Morgan fingerprint density at radius 1 is 1.24 bits per heavy atom. The van der Waals surface area contributed by atoms with E-state index in [4.69, 9.17) is 6.42 Å². The lowest BCUT2D eigenvalue weighted by atomic mass is 9.81. The van der Waals surface area contributed by atoms with Crippen LogP contribution in [0.1, 0.15) is 12.8 Å². The lowest BCUT2D eigenvalue weighted by molar-refractivity contribution is -0.0499. The number of terminal acetylenes is 1. The molecule has 0 spiro atoms. The van der Waals surface area contributed by atoms with Gasteiger partial charge >= 0.3 is 0 Å². The van der Waals surface area contributed by atoms with Crippen LogP contribution < -0.4 is 0 Å². The molecule has 17 heavy (non-hydrogen) atoms. The molecule has 0 radical (unpaired) electrons. The quantitative estimate of drug-likeness (QED) is 0.693. The third-order valence-corrected chi connectivity index (χ3v) is 4.06. The molecule has 3 heterocycles. The van der Waals surface area contributed by atoms with E-state index in [1.54, 1.807) is 0 Å². The molecule has 3 saturated heterocycles. The summed E-state index contributed by atoms with van der Waals surface area (Å²) in [5, 5.41) is 9.67. The Balaban J connectivity index is 0.000000125. The Morgan fingerprint density at radius 3 is 2.18 bits per heavy atom. The van der Waals surface area contributed by atoms with Crippen LogP contribution in [0.4, 0.5) is 0 Å². The van der Waals surface area contributed by atoms with Crippen LogP contribution in [0.15, 0.2) is 24.3 Å². The van der Waals surface area contributed by atoms with Gasteiger partial charge in [0.2, 0.25) is 0 Å². The van der Waals surface area contributed by atoms with E-state index in [0.717, 1.165) is 25.9 Å². The lowest BCUT2D eigenvalue weighted by Crippen LogP contribution is -2.57. The van der Waals surface area contributed by atoms with Crippen molar-refractivity contribution in [1.82, 2.24) is 4.90 Å². The van der Waals surface area contributed by atoms with Gasteiger partial charge in [0.15, 0.2) is 0 Å². The van der Waals surface area contributed by atoms with Crippen LogP contribution in [-0.4, -0.2) is 35.2 Å². The standard InChI is InChI=1S/C9H13NO.C6H4/c1-2-8-9(11)7-3-5-10(8)6-4-7;1-2-5-4-6(5)3-1/h1,7-9,11H,3-6H2;1-4H. The SMILES string of the molecule is C#CC1C(O)C2CCN1CC2.c1cc2cc-2c1. The molecule has 2 bridgehead atoms. The Hall–Kier alpha value is -1.30. The fourth-order valence-electron chi connectivity index (χ4n) is 2.89. The molecule has 2 nitrogen and oxygen atoms in total. The summed E-state index contributed by atoms with van der Waals surface area (Å²) in [7, 11) is 0. The van der Waals surface area contributed by atoms with Crippen molar-refractivity contribution in [3.63, 3.8) is 0 Å². The van der Waals surface area contributed by atoms with Crippen molar-refractivity contribution in [2.45, 2.75) is 25.0 Å². The molecule has 0 aromatic heterocycles. The van der Waals surface area contributed by atoms with Crippen LogP contribution >= 0.6 is 0 Å². The average molecular weight is 227 g/mol. The molecule has 3 fully saturated rings. The second-order valence-corrected chi connectivity index (χ2v) is 5.06. The van der Waals surface area contributed by atoms with Gasteiger partial charge in [-0.2, -0.15) is 0 Å². The number of fused-ring (bicyclic) bond motifs is 4. The summed E-state index contributed by atoms with van der Waals surface area (Å²) in [5.41, 5.74) is 2.85. The van der Waals surface area contributed by atoms with Crippen molar-refractivity contribution in [3.8, 4) is 23.5 Å². The fourth-order valence-corrected chi connectivity index (χ4v) is 2.89. The molecule has 2 unspecified atom stereocenters. The van der Waals surface area contributed by atoms with E-state index >= 15 is 0 Å². The molecular weight excluding hydrogens is 210 g/mol. The topological polar surface area (TPSA) is 23.5 Å². The highest BCUT2D eigenvalue weighted by Gasteiger charge is 2.39. The highest BCUT2D eigenvalue weighted by Crippen LogP contribution is 2.33. The van der Waals surface area contributed by atoms with Gasteiger partial charge in [0.1, 0.15) is 0 Å². The summed E-state index contributed by atoms with van der Waals surface area (Å²) in [6, 6.07) is 8.48.